The minimum Gasteiger partial charge on any atom is -0.507 e. The molecular weight excluding hydrogens is 358 g/mol. The van der Waals surface area contributed by atoms with Gasteiger partial charge in [0, 0.05) is 17.1 Å². The lowest BCUT2D eigenvalue weighted by Crippen LogP contribution is -2.03. The quantitative estimate of drug-likeness (QED) is 0.509. The molecule has 0 saturated heterocycles. The number of hydrogen-bond acceptors (Lipinski definition) is 8. The summed E-state index contributed by atoms with van der Waals surface area (Å²) in [5.41, 5.74) is 5.96. The van der Waals surface area contributed by atoms with E-state index in [-0.39, 0.29) is 22.9 Å². The number of phenolic OH excluding ortho intramolecular Hbond substituents is 1. The summed E-state index contributed by atoms with van der Waals surface area (Å²) >= 11 is 5.69. The van der Waals surface area contributed by atoms with Crippen molar-refractivity contribution in [2.45, 2.75) is 4.90 Å². The Labute approximate surface area is 140 Å². The summed E-state index contributed by atoms with van der Waals surface area (Å²) in [5.74, 6) is -0.245. The molecule has 0 radical (unpaired) electrons. The van der Waals surface area contributed by atoms with E-state index in [1.807, 2.05) is 0 Å². The molecule has 0 aliphatic heterocycles. The highest BCUT2D eigenvalue weighted by molar-refractivity contribution is 7.85. The largest absolute Gasteiger partial charge is 0.507 e. The van der Waals surface area contributed by atoms with Gasteiger partial charge in [-0.2, -0.15) is 23.4 Å². The maximum Gasteiger partial charge on any atom is 0.294 e. The molecule has 0 atom stereocenters. The first-order valence-corrected chi connectivity index (χ1v) is 8.22. The third-order valence-corrected chi connectivity index (χ3v) is 4.08. The Morgan fingerprint density at radius 3 is 2.54 bits per heavy atom. The highest BCUT2D eigenvalue weighted by atomic mass is 35.5. The number of rotatable bonds is 3. The molecule has 0 spiro atoms. The molecule has 24 heavy (non-hydrogen) atoms. The second kappa shape index (κ2) is 5.74. The summed E-state index contributed by atoms with van der Waals surface area (Å²) < 4.78 is 31.6. The summed E-state index contributed by atoms with van der Waals surface area (Å²) in [6.45, 7) is 0. The Kier molecular flexibility index (Phi) is 3.87. The van der Waals surface area contributed by atoms with Crippen LogP contribution in [0, 0.1) is 0 Å². The normalized spacial score (nSPS) is 11.6. The summed E-state index contributed by atoms with van der Waals surface area (Å²) in [6.07, 6.45) is 0. The molecule has 2 aromatic carbocycles. The Morgan fingerprint density at radius 1 is 1.12 bits per heavy atom. The van der Waals surface area contributed by atoms with E-state index in [0.717, 1.165) is 6.07 Å². The van der Waals surface area contributed by atoms with E-state index in [0.29, 0.717) is 16.5 Å². The van der Waals surface area contributed by atoms with Crippen LogP contribution in [0.3, 0.4) is 0 Å². The number of nitrogens with one attached hydrogen (secondary N) is 1. The van der Waals surface area contributed by atoms with Crippen LogP contribution in [-0.4, -0.2) is 33.0 Å². The van der Waals surface area contributed by atoms with Gasteiger partial charge in [0.2, 0.25) is 17.2 Å². The summed E-state index contributed by atoms with van der Waals surface area (Å²) in [4.78, 5) is 10.9. The van der Waals surface area contributed by atoms with Crippen LogP contribution in [0.1, 0.15) is 0 Å². The van der Waals surface area contributed by atoms with Crippen molar-refractivity contribution in [3.63, 3.8) is 0 Å². The molecule has 1 aromatic heterocycles. The Bertz CT molecular complexity index is 1040. The smallest absolute Gasteiger partial charge is 0.294 e. The second-order valence-electron chi connectivity index (χ2n) is 4.76. The van der Waals surface area contributed by atoms with Crippen molar-refractivity contribution in [3.05, 3.63) is 35.6 Å². The van der Waals surface area contributed by atoms with Gasteiger partial charge in [-0.25, -0.2) is 0 Å². The zero-order chi connectivity index (χ0) is 17.5. The number of aromatic hydroxyl groups is 1. The number of aromatic nitrogens is 3. The topological polar surface area (TPSA) is 151 Å². The number of phenols is 1. The van der Waals surface area contributed by atoms with Crippen LogP contribution >= 0.6 is 11.6 Å². The van der Waals surface area contributed by atoms with Gasteiger partial charge in [0.05, 0.1) is 4.90 Å². The average molecular weight is 368 g/mol. The number of anilines is 3. The molecule has 0 unspecified atom stereocenters. The lowest BCUT2D eigenvalue weighted by Gasteiger charge is -2.09. The van der Waals surface area contributed by atoms with Crippen LogP contribution < -0.4 is 11.1 Å². The lowest BCUT2D eigenvalue weighted by atomic mass is 10.1. The number of hydrogen-bond donors (Lipinski definition) is 4. The molecule has 3 aromatic rings. The molecule has 0 aliphatic rings. The first-order valence-electron chi connectivity index (χ1n) is 6.41. The predicted octanol–water partition coefficient (Wildman–Crippen LogP) is 1.96. The number of nitrogens with zero attached hydrogens (tertiary/aromatic N) is 3. The number of fused-ring (bicyclic) bond motifs is 1. The van der Waals surface area contributed by atoms with Crippen molar-refractivity contribution in [2.24, 2.45) is 0 Å². The van der Waals surface area contributed by atoms with Crippen LogP contribution in [-0.2, 0) is 10.1 Å². The summed E-state index contributed by atoms with van der Waals surface area (Å²) in [5, 5.41) is 13.4. The number of halogens is 1. The Hall–Kier alpha value is -2.69. The molecule has 0 aliphatic carbocycles. The lowest BCUT2D eigenvalue weighted by molar-refractivity contribution is 0.471. The van der Waals surface area contributed by atoms with Crippen LogP contribution in [0.5, 0.6) is 5.75 Å². The summed E-state index contributed by atoms with van der Waals surface area (Å²) in [6, 6.07) is 6.91. The van der Waals surface area contributed by atoms with Crippen LogP contribution in [0.25, 0.3) is 10.8 Å². The zero-order valence-electron chi connectivity index (χ0n) is 11.8. The molecular formula is C13H10ClN5O4S. The first kappa shape index (κ1) is 16.2. The van der Waals surface area contributed by atoms with Crippen LogP contribution in [0.4, 0.5) is 17.6 Å². The van der Waals surface area contributed by atoms with E-state index in [2.05, 4.69) is 20.3 Å². The minimum absolute atomic E-state index is 0.0652. The number of nitrogens with two attached hydrogens (primary N) is 1. The highest BCUT2D eigenvalue weighted by Gasteiger charge is 2.14. The third-order valence-electron chi connectivity index (χ3n) is 3.08. The van der Waals surface area contributed by atoms with E-state index < -0.39 is 15.0 Å². The minimum atomic E-state index is -4.45. The number of benzene rings is 2. The molecule has 11 heteroatoms. The Morgan fingerprint density at radius 2 is 1.88 bits per heavy atom. The zero-order valence-corrected chi connectivity index (χ0v) is 13.4. The van der Waals surface area contributed by atoms with Gasteiger partial charge >= 0.3 is 0 Å². The van der Waals surface area contributed by atoms with Crippen molar-refractivity contribution in [2.75, 3.05) is 11.1 Å². The SMILES string of the molecule is Nc1nc(Cl)nc(Nc2ccc3c(O)cc(S(=O)(=O)O)cc3c2)n1. The van der Waals surface area contributed by atoms with Gasteiger partial charge < -0.3 is 16.2 Å². The highest BCUT2D eigenvalue weighted by Crippen LogP contribution is 2.31. The van der Waals surface area contributed by atoms with Gasteiger partial charge in [-0.1, -0.05) is 0 Å². The fraction of sp³-hybridized carbons (Fsp3) is 0. The number of nitrogen functional groups attached to an aromatic ring is 1. The maximum atomic E-state index is 11.3. The average Bonchev–Trinajstić information content (AvgIpc) is 2.44. The standard InChI is InChI=1S/C13H10ClN5O4S/c14-11-17-12(15)19-13(18-11)16-7-1-2-9-6(3-7)4-8(5-10(9)20)24(21,22)23/h1-5,20H,(H,21,22,23)(H3,15,16,17,18,19). The maximum absolute atomic E-state index is 11.3. The molecule has 9 nitrogen and oxygen atoms in total. The van der Waals surface area contributed by atoms with Crippen molar-refractivity contribution < 1.29 is 18.1 Å². The van der Waals surface area contributed by atoms with Crippen molar-refractivity contribution in [1.29, 1.82) is 0 Å². The van der Waals surface area contributed by atoms with Gasteiger partial charge in [-0.05, 0) is 41.3 Å². The van der Waals surface area contributed by atoms with E-state index >= 15 is 0 Å². The van der Waals surface area contributed by atoms with E-state index in [4.69, 9.17) is 21.9 Å². The molecule has 0 bridgehead atoms. The van der Waals surface area contributed by atoms with Crippen LogP contribution in [0.15, 0.2) is 35.2 Å². The van der Waals surface area contributed by atoms with Gasteiger partial charge in [0.1, 0.15) is 5.75 Å². The van der Waals surface area contributed by atoms with Crippen molar-refractivity contribution >= 4 is 50.1 Å². The third kappa shape index (κ3) is 3.30. The van der Waals surface area contributed by atoms with Crippen LogP contribution in [0.2, 0.25) is 5.28 Å². The van der Waals surface area contributed by atoms with E-state index in [1.54, 1.807) is 12.1 Å². The van der Waals surface area contributed by atoms with Gasteiger partial charge in [0.15, 0.2) is 0 Å². The van der Waals surface area contributed by atoms with Gasteiger partial charge in [-0.15, -0.1) is 0 Å². The summed E-state index contributed by atoms with van der Waals surface area (Å²) in [7, 11) is -4.45. The monoisotopic (exact) mass is 367 g/mol. The van der Waals surface area contributed by atoms with Gasteiger partial charge in [0.25, 0.3) is 10.1 Å². The molecule has 0 amide bonds. The molecule has 0 saturated carbocycles. The van der Waals surface area contributed by atoms with E-state index in [1.165, 1.54) is 12.1 Å². The Balaban J connectivity index is 2.07. The van der Waals surface area contributed by atoms with Crippen molar-refractivity contribution in [3.8, 4) is 5.75 Å². The molecule has 1 heterocycles. The predicted molar refractivity (Wildman–Crippen MR) is 88.0 cm³/mol. The fourth-order valence-corrected chi connectivity index (χ4v) is 2.80. The van der Waals surface area contributed by atoms with Crippen molar-refractivity contribution in [1.82, 2.24) is 15.0 Å². The molecule has 124 valence electrons. The first-order chi connectivity index (χ1) is 11.2. The molecule has 5 N–H and O–H groups in total. The van der Waals surface area contributed by atoms with Gasteiger partial charge in [-0.3, -0.25) is 4.55 Å². The fourth-order valence-electron chi connectivity index (χ4n) is 2.10. The molecule has 3 rings (SSSR count). The molecule has 0 fully saturated rings. The second-order valence-corrected chi connectivity index (χ2v) is 6.52. The van der Waals surface area contributed by atoms with E-state index in [9.17, 15) is 13.5 Å².